The van der Waals surface area contributed by atoms with Gasteiger partial charge in [-0.1, -0.05) is 60.7 Å². The Kier molecular flexibility index (Phi) is 4.60. The van der Waals surface area contributed by atoms with E-state index >= 15 is 0 Å². The third-order valence-corrected chi connectivity index (χ3v) is 8.14. The first kappa shape index (κ1) is 17.8. The summed E-state index contributed by atoms with van der Waals surface area (Å²) >= 11 is 0. The fourth-order valence-electron chi connectivity index (χ4n) is 3.02. The third-order valence-electron chi connectivity index (χ3n) is 4.13. The summed E-state index contributed by atoms with van der Waals surface area (Å²) in [6.07, 6.45) is -2.84. The van der Waals surface area contributed by atoms with Crippen LogP contribution in [0, 0.1) is 17.9 Å². The predicted octanol–water partition coefficient (Wildman–Crippen LogP) is 4.61. The van der Waals surface area contributed by atoms with Gasteiger partial charge in [-0.05, 0) is 22.8 Å². The Balaban J connectivity index is 2.54. The van der Waals surface area contributed by atoms with E-state index < -0.39 is 18.6 Å². The third kappa shape index (κ3) is 2.77. The zero-order valence-corrected chi connectivity index (χ0v) is 14.3. The van der Waals surface area contributed by atoms with Gasteiger partial charge in [-0.3, -0.25) is 0 Å². The predicted molar refractivity (Wildman–Crippen MR) is 98.5 cm³/mol. The highest BCUT2D eigenvalue weighted by atomic mass is 31.2. The summed E-state index contributed by atoms with van der Waals surface area (Å²) in [6, 6.07) is 19.7. The van der Waals surface area contributed by atoms with E-state index in [1.165, 1.54) is 0 Å². The molecule has 0 atom stereocenters. The molecule has 0 unspecified atom stereocenters. The van der Waals surface area contributed by atoms with Crippen LogP contribution in [0.3, 0.4) is 0 Å². The molecule has 1 heterocycles. The summed E-state index contributed by atoms with van der Waals surface area (Å²) in [6.45, 7) is 4.64. The van der Waals surface area contributed by atoms with Crippen molar-refractivity contribution in [2.24, 2.45) is 0 Å². The number of halogens is 3. The average Bonchev–Trinajstić information content (AvgIpc) is 2.67. The van der Waals surface area contributed by atoms with Gasteiger partial charge >= 0.3 is 6.18 Å². The molecule has 3 rings (SSSR count). The standard InChI is InChI=1S/C20H12F3N2P/c1-25-19-13-15(20(21,22)23)12-18(14-24)26(19,16-8-4-2-5-9-16)17-10-6-3-7-11-17/h2-13H. The van der Waals surface area contributed by atoms with Crippen molar-refractivity contribution >= 4 is 22.9 Å². The largest absolute Gasteiger partial charge is 0.415 e. The number of hydrogen-bond acceptors (Lipinski definition) is 1. The minimum absolute atomic E-state index is 0.0178. The van der Waals surface area contributed by atoms with Crippen molar-refractivity contribution in [3.8, 4) is 6.07 Å². The first-order valence-electron chi connectivity index (χ1n) is 7.61. The van der Waals surface area contributed by atoms with E-state index in [-0.39, 0.29) is 10.7 Å². The van der Waals surface area contributed by atoms with E-state index in [9.17, 15) is 18.4 Å². The van der Waals surface area contributed by atoms with E-state index in [2.05, 4.69) is 4.85 Å². The van der Waals surface area contributed by atoms with Crippen molar-refractivity contribution in [3.63, 3.8) is 0 Å². The monoisotopic (exact) mass is 368 g/mol. The van der Waals surface area contributed by atoms with Crippen LogP contribution >= 0.6 is 6.89 Å². The van der Waals surface area contributed by atoms with Crippen LogP contribution in [0.4, 0.5) is 13.2 Å². The minimum Gasteiger partial charge on any atom is -0.237 e. The van der Waals surface area contributed by atoms with Gasteiger partial charge in [-0.15, -0.1) is 0 Å². The van der Waals surface area contributed by atoms with Gasteiger partial charge in [0.15, 0.2) is 5.42 Å². The number of nitrogens with zero attached hydrogens (tertiary/aromatic N) is 2. The topological polar surface area (TPSA) is 28.1 Å². The van der Waals surface area contributed by atoms with E-state index in [1.54, 1.807) is 60.7 Å². The fourth-order valence-corrected chi connectivity index (χ4v) is 6.85. The lowest BCUT2D eigenvalue weighted by Crippen LogP contribution is -2.25. The van der Waals surface area contributed by atoms with Crippen molar-refractivity contribution < 1.29 is 13.2 Å². The molecule has 26 heavy (non-hydrogen) atoms. The Morgan fingerprint density at radius 2 is 1.38 bits per heavy atom. The molecule has 0 spiro atoms. The second-order valence-corrected chi connectivity index (χ2v) is 8.87. The normalized spacial score (nSPS) is 16.1. The van der Waals surface area contributed by atoms with Crippen molar-refractivity contribution in [2.75, 3.05) is 0 Å². The molecule has 0 fully saturated rings. The number of alkyl halides is 3. The molecule has 6 heteroatoms. The van der Waals surface area contributed by atoms with Gasteiger partial charge in [-0.25, -0.2) is 4.85 Å². The van der Waals surface area contributed by atoms with Crippen LogP contribution in [0.15, 0.2) is 83.7 Å². The van der Waals surface area contributed by atoms with Crippen LogP contribution in [0.25, 0.3) is 4.85 Å². The molecule has 2 aromatic rings. The van der Waals surface area contributed by atoms with Crippen LogP contribution in [-0.4, -0.2) is 11.6 Å². The Morgan fingerprint density at radius 1 is 0.885 bits per heavy atom. The molecular weight excluding hydrogens is 356 g/mol. The Bertz CT molecular complexity index is 991. The van der Waals surface area contributed by atoms with Gasteiger partial charge in [0.2, 0.25) is 0 Å². The van der Waals surface area contributed by atoms with Crippen LogP contribution in [-0.2, 0) is 0 Å². The molecule has 0 aromatic heterocycles. The molecule has 0 saturated carbocycles. The van der Waals surface area contributed by atoms with E-state index in [4.69, 9.17) is 6.57 Å². The maximum atomic E-state index is 13.3. The molecule has 2 aromatic carbocycles. The first-order chi connectivity index (χ1) is 12.4. The lowest BCUT2D eigenvalue weighted by atomic mass is 10.2. The second-order valence-electron chi connectivity index (χ2n) is 5.55. The number of benzene rings is 2. The molecule has 0 aliphatic carbocycles. The lowest BCUT2D eigenvalue weighted by Gasteiger charge is -2.31. The van der Waals surface area contributed by atoms with Crippen LogP contribution in [0.1, 0.15) is 0 Å². The number of allylic oxidation sites excluding steroid dienone is 3. The molecule has 0 radical (unpaired) electrons. The Morgan fingerprint density at radius 3 is 1.77 bits per heavy atom. The average molecular weight is 368 g/mol. The van der Waals surface area contributed by atoms with Crippen molar-refractivity contribution in [3.05, 3.63) is 95.1 Å². The summed E-state index contributed by atoms with van der Waals surface area (Å²) in [5.41, 5.74) is -1.01. The summed E-state index contributed by atoms with van der Waals surface area (Å²) in [4.78, 5) is 3.46. The van der Waals surface area contributed by atoms with Gasteiger partial charge in [-0.2, -0.15) is 18.4 Å². The highest BCUT2D eigenvalue weighted by Crippen LogP contribution is 2.57. The fraction of sp³-hybridized carbons (Fsp3) is 0.0500. The maximum absolute atomic E-state index is 13.3. The van der Waals surface area contributed by atoms with Gasteiger partial charge in [0.1, 0.15) is 0 Å². The highest BCUT2D eigenvalue weighted by Gasteiger charge is 2.40. The molecule has 0 N–H and O–H groups in total. The second kappa shape index (κ2) is 6.71. The Hall–Kier alpha value is -3.01. The maximum Gasteiger partial charge on any atom is 0.415 e. The Labute approximate surface area is 149 Å². The first-order valence-corrected chi connectivity index (χ1v) is 9.40. The van der Waals surface area contributed by atoms with Crippen LogP contribution < -0.4 is 10.6 Å². The van der Waals surface area contributed by atoms with Crippen LogP contribution in [0.2, 0.25) is 0 Å². The molecule has 0 amide bonds. The summed E-state index contributed by atoms with van der Waals surface area (Å²) in [5.74, 6) is 0. The van der Waals surface area contributed by atoms with E-state index in [1.807, 2.05) is 6.07 Å². The van der Waals surface area contributed by atoms with Crippen molar-refractivity contribution in [2.45, 2.75) is 6.18 Å². The molecule has 0 saturated heterocycles. The smallest absolute Gasteiger partial charge is 0.237 e. The molecule has 1 aliphatic heterocycles. The minimum atomic E-state index is -4.62. The van der Waals surface area contributed by atoms with Gasteiger partial charge < -0.3 is 0 Å². The van der Waals surface area contributed by atoms with Gasteiger partial charge in [0.05, 0.1) is 18.0 Å². The van der Waals surface area contributed by atoms with E-state index in [0.29, 0.717) is 10.6 Å². The lowest BCUT2D eigenvalue weighted by molar-refractivity contribution is -0.0881. The number of nitriles is 1. The van der Waals surface area contributed by atoms with Gasteiger partial charge in [0, 0.05) is 12.5 Å². The quantitative estimate of drug-likeness (QED) is 0.562. The zero-order chi connectivity index (χ0) is 18.8. The van der Waals surface area contributed by atoms with Gasteiger partial charge in [0.25, 0.3) is 0 Å². The SMILES string of the molecule is [C-]#[N+]C1=P(c2ccccc2)(c2ccccc2)C(C#N)=CC(C(F)(F)F)=C1. The summed E-state index contributed by atoms with van der Waals surface area (Å²) in [7, 11) is 0. The van der Waals surface area contributed by atoms with Crippen molar-refractivity contribution in [1.82, 2.24) is 0 Å². The molecule has 1 aliphatic rings. The number of hydrogen-bond donors (Lipinski definition) is 0. The van der Waals surface area contributed by atoms with E-state index in [0.717, 1.165) is 12.2 Å². The molecule has 0 bridgehead atoms. The molecular formula is C20H12F3N2P. The van der Waals surface area contributed by atoms with Crippen molar-refractivity contribution in [1.29, 1.82) is 5.26 Å². The highest BCUT2D eigenvalue weighted by molar-refractivity contribution is 7.93. The van der Waals surface area contributed by atoms with Crippen LogP contribution in [0.5, 0.6) is 0 Å². The molecule has 2 nitrogen and oxygen atoms in total. The summed E-state index contributed by atoms with van der Waals surface area (Å²) < 4.78 is 39.9. The zero-order valence-electron chi connectivity index (χ0n) is 13.4. The molecule has 128 valence electrons. The number of rotatable bonds is 2. The summed E-state index contributed by atoms with van der Waals surface area (Å²) in [5, 5.41) is 11.1.